The normalized spacial score (nSPS) is 12.6. The van der Waals surface area contributed by atoms with Gasteiger partial charge in [0.1, 0.15) is 5.75 Å². The van der Waals surface area contributed by atoms with Crippen molar-refractivity contribution in [3.63, 3.8) is 0 Å². The fourth-order valence-electron chi connectivity index (χ4n) is 1.79. The third-order valence-electron chi connectivity index (χ3n) is 3.01. The Bertz CT molecular complexity index is 362. The van der Waals surface area contributed by atoms with Crippen molar-refractivity contribution in [3.8, 4) is 5.75 Å². The molecule has 1 unspecified atom stereocenters. The summed E-state index contributed by atoms with van der Waals surface area (Å²) in [4.78, 5) is 0. The van der Waals surface area contributed by atoms with E-state index in [1.807, 2.05) is 26.0 Å². The molecule has 1 aromatic rings. The molecule has 4 heteroatoms. The van der Waals surface area contributed by atoms with Crippen LogP contribution < -0.4 is 4.74 Å². The highest BCUT2D eigenvalue weighted by Crippen LogP contribution is 2.19. The van der Waals surface area contributed by atoms with Gasteiger partial charge in [-0.3, -0.25) is 0 Å². The van der Waals surface area contributed by atoms with Gasteiger partial charge in [0, 0.05) is 6.61 Å². The summed E-state index contributed by atoms with van der Waals surface area (Å²) in [7, 11) is 0. The second-order valence-electron chi connectivity index (χ2n) is 5.09. The molecule has 4 nitrogen and oxygen atoms in total. The topological polar surface area (TPSA) is 36.9 Å². The smallest absolute Gasteiger partial charge is 0.197 e. The number of hydrogen-bond donors (Lipinski definition) is 0. The predicted molar refractivity (Wildman–Crippen MR) is 83.9 cm³/mol. The van der Waals surface area contributed by atoms with Crippen LogP contribution in [-0.4, -0.2) is 39.3 Å². The highest BCUT2D eigenvalue weighted by molar-refractivity contribution is 5.28. The Kier molecular flexibility index (Phi) is 9.06. The molecule has 0 aromatic heterocycles. The van der Waals surface area contributed by atoms with E-state index in [1.54, 1.807) is 0 Å². The second-order valence-corrected chi connectivity index (χ2v) is 5.09. The lowest BCUT2D eigenvalue weighted by Crippen LogP contribution is -2.19. The summed E-state index contributed by atoms with van der Waals surface area (Å²) < 4.78 is 21.8. The van der Waals surface area contributed by atoms with E-state index in [0.29, 0.717) is 32.3 Å². The monoisotopic (exact) mass is 296 g/mol. The minimum absolute atomic E-state index is 0.287. The van der Waals surface area contributed by atoms with Crippen molar-refractivity contribution in [3.05, 3.63) is 29.8 Å². The lowest BCUT2D eigenvalue weighted by molar-refractivity contribution is -0.0859. The molecule has 0 amide bonds. The zero-order chi connectivity index (χ0) is 15.5. The largest absolute Gasteiger partial charge is 0.465 e. The van der Waals surface area contributed by atoms with E-state index in [2.05, 4.69) is 26.0 Å². The molecule has 0 spiro atoms. The van der Waals surface area contributed by atoms with Gasteiger partial charge in [-0.2, -0.15) is 0 Å². The molecule has 0 aliphatic rings. The SMILES string of the molecule is CCOCCOCCOC(C)Oc1ccc(C(C)C)cc1. The minimum Gasteiger partial charge on any atom is -0.465 e. The Labute approximate surface area is 128 Å². The lowest BCUT2D eigenvalue weighted by atomic mass is 10.0. The van der Waals surface area contributed by atoms with Gasteiger partial charge in [-0.05, 0) is 37.5 Å². The zero-order valence-electron chi connectivity index (χ0n) is 13.6. The Morgan fingerprint density at radius 2 is 1.48 bits per heavy atom. The van der Waals surface area contributed by atoms with Crippen molar-refractivity contribution in [2.75, 3.05) is 33.0 Å². The highest BCUT2D eigenvalue weighted by Gasteiger charge is 2.05. The molecule has 0 aliphatic heterocycles. The van der Waals surface area contributed by atoms with E-state index in [9.17, 15) is 0 Å². The lowest BCUT2D eigenvalue weighted by Gasteiger charge is -2.16. The van der Waals surface area contributed by atoms with E-state index >= 15 is 0 Å². The maximum atomic E-state index is 5.69. The van der Waals surface area contributed by atoms with E-state index in [4.69, 9.17) is 18.9 Å². The van der Waals surface area contributed by atoms with E-state index in [-0.39, 0.29) is 6.29 Å². The van der Waals surface area contributed by atoms with E-state index < -0.39 is 0 Å². The van der Waals surface area contributed by atoms with Crippen molar-refractivity contribution < 1.29 is 18.9 Å². The average Bonchev–Trinajstić information content (AvgIpc) is 2.47. The Morgan fingerprint density at radius 3 is 2.10 bits per heavy atom. The third kappa shape index (κ3) is 8.05. The quantitative estimate of drug-likeness (QED) is 0.462. The molecule has 0 heterocycles. The summed E-state index contributed by atoms with van der Waals surface area (Å²) in [6.07, 6.45) is -0.287. The molecule has 0 saturated heterocycles. The van der Waals surface area contributed by atoms with Gasteiger partial charge in [0.15, 0.2) is 6.29 Å². The zero-order valence-corrected chi connectivity index (χ0v) is 13.6. The number of hydrogen-bond acceptors (Lipinski definition) is 4. The van der Waals surface area contributed by atoms with Gasteiger partial charge < -0.3 is 18.9 Å². The summed E-state index contributed by atoms with van der Waals surface area (Å²) in [5.41, 5.74) is 1.30. The first-order valence-corrected chi connectivity index (χ1v) is 7.67. The first-order chi connectivity index (χ1) is 10.1. The van der Waals surface area contributed by atoms with Crippen molar-refractivity contribution in [1.29, 1.82) is 0 Å². The first-order valence-electron chi connectivity index (χ1n) is 7.67. The van der Waals surface area contributed by atoms with Crippen LogP contribution in [-0.2, 0) is 14.2 Å². The predicted octanol–water partition coefficient (Wildman–Crippen LogP) is 3.60. The number of ether oxygens (including phenoxy) is 4. The van der Waals surface area contributed by atoms with Crippen molar-refractivity contribution >= 4 is 0 Å². The summed E-state index contributed by atoms with van der Waals surface area (Å²) in [6.45, 7) is 11.2. The summed E-state index contributed by atoms with van der Waals surface area (Å²) in [5, 5.41) is 0. The molecule has 21 heavy (non-hydrogen) atoms. The fourth-order valence-corrected chi connectivity index (χ4v) is 1.79. The van der Waals surface area contributed by atoms with Gasteiger partial charge in [-0.25, -0.2) is 0 Å². The molecular formula is C17H28O4. The van der Waals surface area contributed by atoms with Crippen LogP contribution in [0, 0.1) is 0 Å². The summed E-state index contributed by atoms with van der Waals surface area (Å²) in [5.74, 6) is 1.35. The van der Waals surface area contributed by atoms with Gasteiger partial charge in [0.05, 0.1) is 26.4 Å². The number of benzene rings is 1. The molecule has 0 saturated carbocycles. The Balaban J connectivity index is 2.14. The Hall–Kier alpha value is -1.10. The van der Waals surface area contributed by atoms with Crippen molar-refractivity contribution in [1.82, 2.24) is 0 Å². The summed E-state index contributed by atoms with van der Waals surface area (Å²) in [6, 6.07) is 8.13. The molecule has 0 N–H and O–H groups in total. The average molecular weight is 296 g/mol. The molecule has 0 bridgehead atoms. The van der Waals surface area contributed by atoms with Gasteiger partial charge >= 0.3 is 0 Å². The molecule has 1 aromatic carbocycles. The molecular weight excluding hydrogens is 268 g/mol. The summed E-state index contributed by atoms with van der Waals surface area (Å²) >= 11 is 0. The van der Waals surface area contributed by atoms with Crippen LogP contribution in [0.1, 0.15) is 39.2 Å². The van der Waals surface area contributed by atoms with Crippen molar-refractivity contribution in [2.45, 2.75) is 39.9 Å². The van der Waals surface area contributed by atoms with E-state index in [0.717, 1.165) is 12.4 Å². The van der Waals surface area contributed by atoms with E-state index in [1.165, 1.54) is 5.56 Å². The van der Waals surface area contributed by atoms with Crippen LogP contribution in [0.15, 0.2) is 24.3 Å². The molecule has 0 aliphatic carbocycles. The van der Waals surface area contributed by atoms with Crippen LogP contribution >= 0.6 is 0 Å². The van der Waals surface area contributed by atoms with Gasteiger partial charge in [0.25, 0.3) is 0 Å². The molecule has 0 fully saturated rings. The maximum absolute atomic E-state index is 5.69. The van der Waals surface area contributed by atoms with Crippen LogP contribution in [0.4, 0.5) is 0 Å². The van der Waals surface area contributed by atoms with Crippen molar-refractivity contribution in [2.24, 2.45) is 0 Å². The standard InChI is InChI=1S/C17H28O4/c1-5-18-10-11-19-12-13-20-15(4)21-17-8-6-16(7-9-17)14(2)3/h6-9,14-15H,5,10-13H2,1-4H3. The van der Waals surface area contributed by atoms with Crippen LogP contribution in [0.3, 0.4) is 0 Å². The Morgan fingerprint density at radius 1 is 0.857 bits per heavy atom. The van der Waals surface area contributed by atoms with Gasteiger partial charge in [-0.15, -0.1) is 0 Å². The number of rotatable bonds is 11. The molecule has 0 radical (unpaired) electrons. The second kappa shape index (κ2) is 10.6. The molecule has 1 atom stereocenters. The fraction of sp³-hybridized carbons (Fsp3) is 0.647. The van der Waals surface area contributed by atoms with Crippen LogP contribution in [0.2, 0.25) is 0 Å². The maximum Gasteiger partial charge on any atom is 0.197 e. The third-order valence-corrected chi connectivity index (χ3v) is 3.01. The highest BCUT2D eigenvalue weighted by atomic mass is 16.7. The molecule has 120 valence electrons. The van der Waals surface area contributed by atoms with Crippen LogP contribution in [0.5, 0.6) is 5.75 Å². The molecule has 1 rings (SSSR count). The minimum atomic E-state index is -0.287. The van der Waals surface area contributed by atoms with Gasteiger partial charge in [0.2, 0.25) is 0 Å². The van der Waals surface area contributed by atoms with Gasteiger partial charge in [-0.1, -0.05) is 26.0 Å². The first kappa shape index (κ1) is 18.0. The van der Waals surface area contributed by atoms with Crippen LogP contribution in [0.25, 0.3) is 0 Å².